The molecule has 0 radical (unpaired) electrons. The van der Waals surface area contributed by atoms with Crippen molar-refractivity contribution < 1.29 is 19.1 Å². The number of anilines is 2. The summed E-state index contributed by atoms with van der Waals surface area (Å²) < 4.78 is 10.7. The number of carbonyl (C=O) groups excluding carboxylic acids is 2. The molecule has 2 heterocycles. The SMILES string of the molecule is COc1ccc2nccc(NCCCNC3=CC(=O)C(NCCCNc4ccnc5ccc(OC)cc45)=CC3=O)c2c1. The first-order chi connectivity index (χ1) is 20.6. The Kier molecular flexibility index (Phi) is 9.13. The van der Waals surface area contributed by atoms with E-state index in [4.69, 9.17) is 9.47 Å². The molecule has 0 aliphatic heterocycles. The minimum Gasteiger partial charge on any atom is -0.497 e. The van der Waals surface area contributed by atoms with Gasteiger partial charge < -0.3 is 30.7 Å². The van der Waals surface area contributed by atoms with E-state index in [0.717, 1.165) is 57.5 Å². The Morgan fingerprint density at radius 1 is 0.595 bits per heavy atom. The van der Waals surface area contributed by atoms with Gasteiger partial charge in [0.1, 0.15) is 11.5 Å². The number of nitrogens with one attached hydrogen (secondary N) is 4. The lowest BCUT2D eigenvalue weighted by atomic mass is 10.1. The van der Waals surface area contributed by atoms with Gasteiger partial charge >= 0.3 is 0 Å². The molecular weight excluding hydrogens is 532 g/mol. The van der Waals surface area contributed by atoms with Gasteiger partial charge in [-0.05, 0) is 61.4 Å². The first kappa shape index (κ1) is 28.4. The van der Waals surface area contributed by atoms with Crippen LogP contribution in [0.3, 0.4) is 0 Å². The van der Waals surface area contributed by atoms with Gasteiger partial charge in [0.25, 0.3) is 0 Å². The highest BCUT2D eigenvalue weighted by Crippen LogP contribution is 2.27. The molecule has 1 aliphatic carbocycles. The Labute approximate surface area is 244 Å². The molecule has 5 rings (SSSR count). The number of aromatic nitrogens is 2. The van der Waals surface area contributed by atoms with Crippen LogP contribution in [0.2, 0.25) is 0 Å². The molecule has 0 spiro atoms. The number of hydrogen-bond donors (Lipinski definition) is 4. The van der Waals surface area contributed by atoms with Gasteiger partial charge in [-0.25, -0.2) is 0 Å². The van der Waals surface area contributed by atoms with Gasteiger partial charge in [0.2, 0.25) is 11.6 Å². The van der Waals surface area contributed by atoms with E-state index in [1.807, 2.05) is 48.5 Å². The van der Waals surface area contributed by atoms with Crippen LogP contribution >= 0.6 is 0 Å². The fraction of sp³-hybridized carbons (Fsp3) is 0.250. The van der Waals surface area contributed by atoms with Crippen LogP contribution in [-0.4, -0.2) is 61.9 Å². The molecule has 0 fully saturated rings. The first-order valence-corrected chi connectivity index (χ1v) is 13.9. The number of hydrogen-bond acceptors (Lipinski definition) is 10. The van der Waals surface area contributed by atoms with E-state index in [0.29, 0.717) is 37.6 Å². The third-order valence-electron chi connectivity index (χ3n) is 6.95. The molecule has 0 saturated carbocycles. The Balaban J connectivity index is 1.04. The molecule has 4 N–H and O–H groups in total. The van der Waals surface area contributed by atoms with E-state index in [1.54, 1.807) is 26.6 Å². The van der Waals surface area contributed by atoms with Crippen LogP contribution in [-0.2, 0) is 9.59 Å². The van der Waals surface area contributed by atoms with E-state index < -0.39 is 0 Å². The van der Waals surface area contributed by atoms with Gasteiger partial charge in [0.15, 0.2) is 0 Å². The molecule has 0 atom stereocenters. The molecule has 4 aromatic rings. The fourth-order valence-electron chi connectivity index (χ4n) is 4.72. The van der Waals surface area contributed by atoms with Crippen molar-refractivity contribution in [3.8, 4) is 11.5 Å². The quantitative estimate of drug-likeness (QED) is 0.130. The van der Waals surface area contributed by atoms with Gasteiger partial charge in [-0.2, -0.15) is 0 Å². The third kappa shape index (κ3) is 6.77. The lowest BCUT2D eigenvalue weighted by Crippen LogP contribution is -2.31. The van der Waals surface area contributed by atoms with Crippen molar-refractivity contribution in [1.82, 2.24) is 20.6 Å². The minimum absolute atomic E-state index is 0.215. The van der Waals surface area contributed by atoms with Gasteiger partial charge in [-0.3, -0.25) is 19.6 Å². The predicted molar refractivity (Wildman–Crippen MR) is 165 cm³/mol. The molecule has 10 heteroatoms. The average molecular weight is 567 g/mol. The van der Waals surface area contributed by atoms with Crippen molar-refractivity contribution in [2.24, 2.45) is 0 Å². The van der Waals surface area contributed by atoms with E-state index in [1.165, 1.54) is 12.2 Å². The zero-order valence-corrected chi connectivity index (χ0v) is 23.7. The number of allylic oxidation sites excluding steroid dienone is 2. The van der Waals surface area contributed by atoms with Crippen LogP contribution in [0.5, 0.6) is 11.5 Å². The largest absolute Gasteiger partial charge is 0.497 e. The Morgan fingerprint density at radius 2 is 1.02 bits per heavy atom. The summed E-state index contributed by atoms with van der Waals surface area (Å²) >= 11 is 0. The Morgan fingerprint density at radius 3 is 1.45 bits per heavy atom. The lowest BCUT2D eigenvalue weighted by molar-refractivity contribution is -0.115. The summed E-state index contributed by atoms with van der Waals surface area (Å²) in [5.74, 6) is 1.11. The van der Waals surface area contributed by atoms with E-state index in [9.17, 15) is 9.59 Å². The molecule has 2 aromatic heterocycles. The number of ether oxygens (including phenoxy) is 2. The van der Waals surface area contributed by atoms with Gasteiger partial charge in [-0.15, -0.1) is 0 Å². The van der Waals surface area contributed by atoms with E-state index in [-0.39, 0.29) is 11.6 Å². The highest BCUT2D eigenvalue weighted by atomic mass is 16.5. The van der Waals surface area contributed by atoms with Crippen molar-refractivity contribution in [3.63, 3.8) is 0 Å². The van der Waals surface area contributed by atoms with Crippen molar-refractivity contribution >= 4 is 44.7 Å². The van der Waals surface area contributed by atoms with E-state index >= 15 is 0 Å². The van der Waals surface area contributed by atoms with Crippen LogP contribution in [0.15, 0.2) is 84.5 Å². The zero-order chi connectivity index (χ0) is 29.3. The maximum atomic E-state index is 12.6. The second-order valence-corrected chi connectivity index (χ2v) is 9.74. The van der Waals surface area contributed by atoms with Crippen molar-refractivity contribution in [2.75, 3.05) is 51.0 Å². The highest BCUT2D eigenvalue weighted by molar-refractivity contribution is 6.19. The average Bonchev–Trinajstić information content (AvgIpc) is 3.02. The maximum Gasteiger partial charge on any atom is 0.203 e. The zero-order valence-electron chi connectivity index (χ0n) is 23.7. The van der Waals surface area contributed by atoms with Gasteiger partial charge in [0, 0.05) is 72.9 Å². The Hall–Kier alpha value is -5.12. The van der Waals surface area contributed by atoms with Crippen LogP contribution in [0.1, 0.15) is 12.8 Å². The Bertz CT molecular complexity index is 1540. The summed E-state index contributed by atoms with van der Waals surface area (Å²) in [6, 6.07) is 15.4. The van der Waals surface area contributed by atoms with Gasteiger partial charge in [-0.1, -0.05) is 0 Å². The molecule has 0 saturated heterocycles. The van der Waals surface area contributed by atoms with Gasteiger partial charge in [0.05, 0.1) is 36.6 Å². The maximum absolute atomic E-state index is 12.6. The summed E-state index contributed by atoms with van der Waals surface area (Å²) in [4.78, 5) is 34.1. The smallest absolute Gasteiger partial charge is 0.203 e. The molecule has 216 valence electrons. The third-order valence-corrected chi connectivity index (χ3v) is 6.95. The second kappa shape index (κ2) is 13.5. The van der Waals surface area contributed by atoms with Crippen molar-refractivity contribution in [2.45, 2.75) is 12.8 Å². The molecule has 0 amide bonds. The molecule has 0 bridgehead atoms. The summed E-state index contributed by atoms with van der Waals surface area (Å²) in [6.45, 7) is 2.44. The second-order valence-electron chi connectivity index (χ2n) is 9.74. The highest BCUT2D eigenvalue weighted by Gasteiger charge is 2.19. The molecule has 2 aromatic carbocycles. The number of fused-ring (bicyclic) bond motifs is 2. The number of carbonyl (C=O) groups is 2. The number of benzene rings is 2. The topological polar surface area (TPSA) is 126 Å². The number of ketones is 2. The summed E-state index contributed by atoms with van der Waals surface area (Å²) in [5, 5.41) is 15.0. The molecule has 0 unspecified atom stereocenters. The predicted octanol–water partition coefficient (Wildman–Crippen LogP) is 4.20. The number of nitrogens with zero attached hydrogens (tertiary/aromatic N) is 2. The summed E-state index contributed by atoms with van der Waals surface area (Å²) in [5.41, 5.74) is 4.31. The summed E-state index contributed by atoms with van der Waals surface area (Å²) in [7, 11) is 3.28. The number of pyridine rings is 2. The first-order valence-electron chi connectivity index (χ1n) is 13.9. The van der Waals surface area contributed by atoms with Crippen LogP contribution in [0.25, 0.3) is 21.8 Å². The normalized spacial score (nSPS) is 13.0. The van der Waals surface area contributed by atoms with Crippen LogP contribution in [0.4, 0.5) is 11.4 Å². The van der Waals surface area contributed by atoms with Crippen molar-refractivity contribution in [1.29, 1.82) is 0 Å². The monoisotopic (exact) mass is 566 g/mol. The van der Waals surface area contributed by atoms with Crippen molar-refractivity contribution in [3.05, 3.63) is 84.5 Å². The standard InChI is InChI=1S/C32H34N6O4/c1-41-21-5-7-25-23(17-21)27(9-15-37-25)33-11-3-13-35-29-19-32(40)30(20-31(29)39)36-14-4-12-34-28-10-16-38-26-8-6-22(42-2)18-24(26)28/h5-10,15-20,35-36H,3-4,11-14H2,1-2H3,(H,33,37)(H,34,38). The molecule has 42 heavy (non-hydrogen) atoms. The molecule has 10 nitrogen and oxygen atoms in total. The molecular formula is C32H34N6O4. The number of methoxy groups -OCH3 is 2. The van der Waals surface area contributed by atoms with E-state index in [2.05, 4.69) is 31.2 Å². The van der Waals surface area contributed by atoms with Crippen LogP contribution in [0, 0.1) is 0 Å². The lowest BCUT2D eigenvalue weighted by Gasteiger charge is -2.16. The summed E-state index contributed by atoms with van der Waals surface area (Å²) in [6.07, 6.45) is 7.76. The fourth-order valence-corrected chi connectivity index (χ4v) is 4.72. The van der Waals surface area contributed by atoms with Crippen LogP contribution < -0.4 is 30.7 Å². The minimum atomic E-state index is -0.215. The number of rotatable bonds is 14. The molecule has 1 aliphatic rings.